The number of hydrogen-bond donors (Lipinski definition) is 3. The van der Waals surface area contributed by atoms with Crippen LogP contribution in [0.2, 0.25) is 0 Å². The number of nitrogens with two attached hydrogens (primary N) is 1. The Bertz CT molecular complexity index is 707. The number of nitrogens with one attached hydrogen (secondary N) is 2. The summed E-state index contributed by atoms with van der Waals surface area (Å²) in [4.78, 5) is 13.7. The number of rotatable bonds is 6. The third-order valence-electron chi connectivity index (χ3n) is 4.64. The summed E-state index contributed by atoms with van der Waals surface area (Å²) in [5, 5.41) is 3.39. The van der Waals surface area contributed by atoms with Gasteiger partial charge in [0.15, 0.2) is 0 Å². The van der Waals surface area contributed by atoms with Crippen LogP contribution >= 0.6 is 37.2 Å². The lowest BCUT2D eigenvalue weighted by molar-refractivity contribution is -0.120. The summed E-state index contributed by atoms with van der Waals surface area (Å²) in [6.07, 6.45) is 2.33. The smallest absolute Gasteiger partial charge is 0.238 e. The van der Waals surface area contributed by atoms with Crippen LogP contribution in [0.5, 0.6) is 0 Å². The highest BCUT2D eigenvalue weighted by Gasteiger charge is 2.10. The molecule has 0 aliphatic carbocycles. The summed E-state index contributed by atoms with van der Waals surface area (Å²) in [5.74, 6) is 4.95. The number of benzene rings is 2. The maximum atomic E-state index is 11.3. The zero-order chi connectivity index (χ0) is 17.5. The summed E-state index contributed by atoms with van der Waals surface area (Å²) >= 11 is 0. The van der Waals surface area contributed by atoms with E-state index in [9.17, 15) is 4.79 Å². The van der Waals surface area contributed by atoms with Gasteiger partial charge in [0.05, 0.1) is 6.42 Å². The molecule has 2 aromatic carbocycles. The third kappa shape index (κ3) is 7.86. The predicted octanol–water partition coefficient (Wildman–Crippen LogP) is 2.68. The van der Waals surface area contributed by atoms with Crippen molar-refractivity contribution in [3.8, 4) is 0 Å². The Labute approximate surface area is 185 Å². The van der Waals surface area contributed by atoms with Crippen LogP contribution in [-0.2, 0) is 24.1 Å². The van der Waals surface area contributed by atoms with Gasteiger partial charge in [-0.1, -0.05) is 36.4 Å². The maximum absolute atomic E-state index is 11.3. The molecule has 2 aromatic rings. The number of aryl methyl sites for hydroxylation is 2. The zero-order valence-corrected chi connectivity index (χ0v) is 18.2. The first-order valence-corrected chi connectivity index (χ1v) is 8.86. The molecule has 0 saturated carbocycles. The van der Waals surface area contributed by atoms with Crippen LogP contribution in [0, 0.1) is 0 Å². The van der Waals surface area contributed by atoms with E-state index in [0.29, 0.717) is 6.42 Å². The number of piperazine rings is 1. The van der Waals surface area contributed by atoms with Gasteiger partial charge >= 0.3 is 0 Å². The summed E-state index contributed by atoms with van der Waals surface area (Å²) in [6, 6.07) is 17.1. The van der Waals surface area contributed by atoms with E-state index in [0.717, 1.165) is 44.6 Å². The summed E-state index contributed by atoms with van der Waals surface area (Å²) in [7, 11) is 0. The van der Waals surface area contributed by atoms with E-state index in [-0.39, 0.29) is 43.1 Å². The minimum absolute atomic E-state index is 0. The predicted molar refractivity (Wildman–Crippen MR) is 123 cm³/mol. The van der Waals surface area contributed by atoms with E-state index in [4.69, 9.17) is 5.84 Å². The van der Waals surface area contributed by atoms with Gasteiger partial charge < -0.3 is 10.2 Å². The SMILES string of the molecule is Cl.Cl.Cl.NNC(=O)Cc1ccc(CCc2cccc(N3CCNCC3)c2)cc1. The van der Waals surface area contributed by atoms with Crippen LogP contribution in [-0.4, -0.2) is 32.1 Å². The van der Waals surface area contributed by atoms with Crippen LogP contribution < -0.4 is 21.5 Å². The van der Waals surface area contributed by atoms with Crippen molar-refractivity contribution in [1.82, 2.24) is 10.7 Å². The quantitative estimate of drug-likeness (QED) is 0.362. The average molecular weight is 448 g/mol. The van der Waals surface area contributed by atoms with Crippen LogP contribution in [0.15, 0.2) is 48.5 Å². The topological polar surface area (TPSA) is 70.4 Å². The van der Waals surface area contributed by atoms with E-state index >= 15 is 0 Å². The fourth-order valence-electron chi connectivity index (χ4n) is 3.18. The molecular weight excluding hydrogens is 419 g/mol. The molecule has 0 atom stereocenters. The van der Waals surface area contributed by atoms with Crippen molar-refractivity contribution in [3.05, 3.63) is 65.2 Å². The molecule has 1 heterocycles. The Balaban J connectivity index is 0.00000243. The Morgan fingerprint density at radius 2 is 1.54 bits per heavy atom. The first-order valence-electron chi connectivity index (χ1n) is 8.86. The van der Waals surface area contributed by atoms with E-state index in [1.165, 1.54) is 16.8 Å². The van der Waals surface area contributed by atoms with Gasteiger partial charge in [0.25, 0.3) is 0 Å². The summed E-state index contributed by atoms with van der Waals surface area (Å²) in [5.41, 5.74) is 7.11. The number of hydrazine groups is 1. The van der Waals surface area contributed by atoms with Gasteiger partial charge in [-0.05, 0) is 41.7 Å². The molecular formula is C20H29Cl3N4O. The molecule has 0 spiro atoms. The zero-order valence-electron chi connectivity index (χ0n) is 15.7. The highest BCUT2D eigenvalue weighted by molar-refractivity contribution is 5.86. The molecule has 0 unspecified atom stereocenters. The van der Waals surface area contributed by atoms with Gasteiger partial charge in [-0.3, -0.25) is 10.2 Å². The Hall–Kier alpha value is -1.50. The number of hydrogen-bond acceptors (Lipinski definition) is 4. The Morgan fingerprint density at radius 3 is 2.18 bits per heavy atom. The van der Waals surface area contributed by atoms with E-state index < -0.39 is 0 Å². The molecule has 5 nitrogen and oxygen atoms in total. The van der Waals surface area contributed by atoms with Gasteiger partial charge in [-0.25, -0.2) is 5.84 Å². The van der Waals surface area contributed by atoms with E-state index in [2.05, 4.69) is 52.0 Å². The van der Waals surface area contributed by atoms with Crippen LogP contribution in [0.25, 0.3) is 0 Å². The summed E-state index contributed by atoms with van der Waals surface area (Å²) in [6.45, 7) is 4.25. The lowest BCUT2D eigenvalue weighted by Crippen LogP contribution is -2.43. The lowest BCUT2D eigenvalue weighted by Gasteiger charge is -2.29. The third-order valence-corrected chi connectivity index (χ3v) is 4.64. The number of nitrogens with zero attached hydrogens (tertiary/aromatic N) is 1. The number of carbonyl (C=O) groups is 1. The average Bonchev–Trinajstić information content (AvgIpc) is 2.68. The van der Waals surface area contributed by atoms with Gasteiger partial charge in [0, 0.05) is 31.9 Å². The monoisotopic (exact) mass is 446 g/mol. The summed E-state index contributed by atoms with van der Waals surface area (Å²) < 4.78 is 0. The van der Waals surface area contributed by atoms with Gasteiger partial charge in [-0.15, -0.1) is 37.2 Å². The second kappa shape index (κ2) is 13.6. The standard InChI is InChI=1S/C20H26N4O.3ClH/c21-23-20(25)15-18-8-5-16(6-9-18)4-7-17-2-1-3-19(14-17)24-12-10-22-11-13-24;;;/h1-3,5-6,8-9,14,22H,4,7,10-13,15,21H2,(H,23,25);3*1H. The number of amides is 1. The molecule has 0 radical (unpaired) electrons. The molecule has 1 aliphatic heterocycles. The van der Waals surface area contributed by atoms with E-state index in [1.54, 1.807) is 0 Å². The Morgan fingerprint density at radius 1 is 0.929 bits per heavy atom. The minimum atomic E-state index is -0.169. The van der Waals surface area contributed by atoms with Crippen LogP contribution in [0.4, 0.5) is 5.69 Å². The normalized spacial score (nSPS) is 12.8. The van der Waals surface area contributed by atoms with Gasteiger partial charge in [0.1, 0.15) is 0 Å². The van der Waals surface area contributed by atoms with Crippen molar-refractivity contribution in [3.63, 3.8) is 0 Å². The number of halogens is 3. The first-order chi connectivity index (χ1) is 12.2. The molecule has 1 amide bonds. The maximum Gasteiger partial charge on any atom is 0.238 e. The fourth-order valence-corrected chi connectivity index (χ4v) is 3.18. The van der Waals surface area contributed by atoms with Crippen molar-refractivity contribution >= 4 is 48.8 Å². The van der Waals surface area contributed by atoms with Crippen LogP contribution in [0.1, 0.15) is 16.7 Å². The molecule has 1 saturated heterocycles. The van der Waals surface area contributed by atoms with Crippen molar-refractivity contribution in [1.29, 1.82) is 0 Å². The molecule has 0 aromatic heterocycles. The second-order valence-corrected chi connectivity index (χ2v) is 6.47. The number of anilines is 1. The highest BCUT2D eigenvalue weighted by atomic mass is 35.5. The largest absolute Gasteiger partial charge is 0.369 e. The van der Waals surface area contributed by atoms with Crippen molar-refractivity contribution < 1.29 is 4.79 Å². The van der Waals surface area contributed by atoms with Gasteiger partial charge in [-0.2, -0.15) is 0 Å². The number of carbonyl (C=O) groups excluding carboxylic acids is 1. The first kappa shape index (κ1) is 26.5. The lowest BCUT2D eigenvalue weighted by atomic mass is 10.0. The molecule has 156 valence electrons. The van der Waals surface area contributed by atoms with Gasteiger partial charge in [0.2, 0.25) is 5.91 Å². The molecule has 4 N–H and O–H groups in total. The molecule has 1 fully saturated rings. The molecule has 3 rings (SSSR count). The second-order valence-electron chi connectivity index (χ2n) is 6.47. The van der Waals surface area contributed by atoms with E-state index in [1.807, 2.05) is 12.1 Å². The molecule has 8 heteroatoms. The molecule has 1 aliphatic rings. The highest BCUT2D eigenvalue weighted by Crippen LogP contribution is 2.18. The molecule has 28 heavy (non-hydrogen) atoms. The van der Waals surface area contributed by atoms with Crippen molar-refractivity contribution in [2.45, 2.75) is 19.3 Å². The Kier molecular flexibility index (Phi) is 12.9. The van der Waals surface area contributed by atoms with Crippen LogP contribution in [0.3, 0.4) is 0 Å². The van der Waals surface area contributed by atoms with Crippen molar-refractivity contribution in [2.24, 2.45) is 5.84 Å². The molecule has 0 bridgehead atoms. The van der Waals surface area contributed by atoms with Crippen molar-refractivity contribution in [2.75, 3.05) is 31.1 Å². The minimum Gasteiger partial charge on any atom is -0.369 e. The fraction of sp³-hybridized carbons (Fsp3) is 0.350.